The lowest BCUT2D eigenvalue weighted by molar-refractivity contribution is 0.0552. The predicted octanol–water partition coefficient (Wildman–Crippen LogP) is 5.72. The molecule has 10 heteroatoms. The molecular weight excluding hydrogens is 480 g/mol. The summed E-state index contributed by atoms with van der Waals surface area (Å²) in [6.45, 7) is 4.58. The molecule has 2 amide bonds. The van der Waals surface area contributed by atoms with Gasteiger partial charge in [0.05, 0.1) is 24.3 Å². The molecule has 2 aromatic carbocycles. The summed E-state index contributed by atoms with van der Waals surface area (Å²) < 4.78 is 7.08. The van der Waals surface area contributed by atoms with E-state index < -0.39 is 12.0 Å². The number of ether oxygens (including phenoxy) is 1. The van der Waals surface area contributed by atoms with Gasteiger partial charge in [-0.05, 0) is 60.9 Å². The molecule has 1 fully saturated rings. The fourth-order valence-corrected chi connectivity index (χ4v) is 5.02. The van der Waals surface area contributed by atoms with Crippen molar-refractivity contribution in [1.29, 1.82) is 0 Å². The van der Waals surface area contributed by atoms with Crippen LogP contribution in [0.2, 0.25) is 0 Å². The third kappa shape index (κ3) is 6.06. The first kappa shape index (κ1) is 25.7. The molecule has 0 saturated carbocycles. The number of hydrogen-bond donors (Lipinski definition) is 2. The van der Waals surface area contributed by atoms with Crippen molar-refractivity contribution in [1.82, 2.24) is 9.47 Å². The number of carboxylic acid groups (broad SMARTS) is 1. The van der Waals surface area contributed by atoms with Gasteiger partial charge in [0, 0.05) is 29.9 Å². The topological polar surface area (TPSA) is 117 Å². The summed E-state index contributed by atoms with van der Waals surface area (Å²) >= 11 is 1.70. The zero-order valence-corrected chi connectivity index (χ0v) is 21.0. The van der Waals surface area contributed by atoms with Gasteiger partial charge in [-0.2, -0.15) is 0 Å². The van der Waals surface area contributed by atoms with Crippen LogP contribution in [0.1, 0.15) is 35.7 Å². The molecule has 2 N–H and O–H groups in total. The van der Waals surface area contributed by atoms with Gasteiger partial charge in [-0.1, -0.05) is 24.2 Å². The molecule has 3 aromatic rings. The van der Waals surface area contributed by atoms with Gasteiger partial charge >= 0.3 is 12.0 Å². The number of morpholine rings is 1. The van der Waals surface area contributed by atoms with Gasteiger partial charge < -0.3 is 24.4 Å². The molecule has 4 rings (SSSR count). The highest BCUT2D eigenvalue weighted by atomic mass is 32.2. The molecule has 36 heavy (non-hydrogen) atoms. The van der Waals surface area contributed by atoms with E-state index in [2.05, 4.69) is 10.2 Å². The summed E-state index contributed by atoms with van der Waals surface area (Å²) in [5.41, 5.74) is 2.55. The monoisotopic (exact) mass is 510 g/mol. The Morgan fingerprint density at radius 1 is 1.11 bits per heavy atom. The maximum Gasteiger partial charge on any atom is 0.362 e. The van der Waals surface area contributed by atoms with Crippen molar-refractivity contribution < 1.29 is 24.5 Å². The number of carbonyl (C=O) groups excluding carboxylic acids is 1. The van der Waals surface area contributed by atoms with Gasteiger partial charge in [0.1, 0.15) is 0 Å². The number of aromatic hydroxyl groups is 1. The van der Waals surface area contributed by atoms with Crippen molar-refractivity contribution in [2.24, 2.45) is 10.2 Å². The Morgan fingerprint density at radius 2 is 1.86 bits per heavy atom. The zero-order chi connectivity index (χ0) is 25.5. The number of carbonyl (C=O) groups is 2. The number of nitrogens with zero attached hydrogens (tertiary/aromatic N) is 4. The Labute approximate surface area is 213 Å². The van der Waals surface area contributed by atoms with Crippen molar-refractivity contribution in [3.05, 3.63) is 53.6 Å². The van der Waals surface area contributed by atoms with Crippen LogP contribution in [-0.2, 0) is 17.7 Å². The molecule has 2 heterocycles. The molecule has 0 radical (unpaired) electrons. The average molecular weight is 511 g/mol. The molecule has 0 aliphatic carbocycles. The molecule has 1 aliphatic heterocycles. The number of rotatable bonds is 9. The Balaban J connectivity index is 1.46. The maximum atomic E-state index is 12.4. The third-order valence-electron chi connectivity index (χ3n) is 6.03. The number of carboxylic acids is 1. The van der Waals surface area contributed by atoms with E-state index in [9.17, 15) is 14.7 Å². The Kier molecular flexibility index (Phi) is 8.61. The van der Waals surface area contributed by atoms with E-state index in [1.165, 1.54) is 0 Å². The number of benzene rings is 2. The van der Waals surface area contributed by atoms with E-state index in [1.807, 2.05) is 37.3 Å². The van der Waals surface area contributed by atoms with Crippen LogP contribution in [0.4, 0.5) is 10.5 Å². The highest BCUT2D eigenvalue weighted by molar-refractivity contribution is 7.99. The minimum absolute atomic E-state index is 0.0114. The predicted molar refractivity (Wildman–Crippen MR) is 139 cm³/mol. The van der Waals surface area contributed by atoms with Crippen LogP contribution in [0.25, 0.3) is 10.9 Å². The van der Waals surface area contributed by atoms with E-state index in [0.717, 1.165) is 46.4 Å². The van der Waals surface area contributed by atoms with E-state index in [-0.39, 0.29) is 5.88 Å². The first-order chi connectivity index (χ1) is 17.5. The third-order valence-corrected chi connectivity index (χ3v) is 7.11. The molecule has 0 atom stereocenters. The standard InChI is InChI=1S/C26H30N4O5S/c1-2-11-30-22-10-9-20(36-16-3-4-18-5-7-19(8-6-18)25(32)33)17-21(22)23(24(30)31)27-28-26(34)29-12-14-35-15-13-29/h5-10,17,31H,2-4,11-16H2,1H3,(H,32,33). The van der Waals surface area contributed by atoms with Crippen molar-refractivity contribution in [3.8, 4) is 5.88 Å². The van der Waals surface area contributed by atoms with E-state index in [1.54, 1.807) is 33.4 Å². The van der Waals surface area contributed by atoms with Crippen LogP contribution in [-0.4, -0.2) is 63.7 Å². The summed E-state index contributed by atoms with van der Waals surface area (Å²) in [6.07, 6.45) is 2.62. The average Bonchev–Trinajstić information content (AvgIpc) is 3.16. The first-order valence-electron chi connectivity index (χ1n) is 12.1. The quantitative estimate of drug-likeness (QED) is 0.216. The lowest BCUT2D eigenvalue weighted by atomic mass is 10.1. The molecule has 1 aliphatic rings. The minimum Gasteiger partial charge on any atom is -0.493 e. The fraction of sp³-hybridized carbons (Fsp3) is 0.385. The molecule has 190 valence electrons. The van der Waals surface area contributed by atoms with Gasteiger partial charge in [0.2, 0.25) is 5.88 Å². The van der Waals surface area contributed by atoms with Crippen molar-refractivity contribution >= 4 is 40.4 Å². The molecule has 1 aromatic heterocycles. The van der Waals surface area contributed by atoms with Crippen LogP contribution < -0.4 is 0 Å². The highest BCUT2D eigenvalue weighted by Gasteiger charge is 2.20. The van der Waals surface area contributed by atoms with Crippen LogP contribution in [0.3, 0.4) is 0 Å². The number of aromatic carboxylic acids is 1. The van der Waals surface area contributed by atoms with Crippen molar-refractivity contribution in [2.45, 2.75) is 37.6 Å². The number of amides is 2. The zero-order valence-electron chi connectivity index (χ0n) is 20.2. The van der Waals surface area contributed by atoms with Crippen LogP contribution in [0.5, 0.6) is 5.88 Å². The molecule has 0 bridgehead atoms. The first-order valence-corrected chi connectivity index (χ1v) is 13.0. The highest BCUT2D eigenvalue weighted by Crippen LogP contribution is 2.41. The van der Waals surface area contributed by atoms with Crippen molar-refractivity contribution in [3.63, 3.8) is 0 Å². The maximum absolute atomic E-state index is 12.4. The summed E-state index contributed by atoms with van der Waals surface area (Å²) in [7, 11) is 0. The summed E-state index contributed by atoms with van der Waals surface area (Å²) in [5.74, 6) is -0.0340. The van der Waals surface area contributed by atoms with Gasteiger partial charge in [-0.15, -0.1) is 16.9 Å². The van der Waals surface area contributed by atoms with E-state index >= 15 is 0 Å². The van der Waals surface area contributed by atoms with Crippen LogP contribution >= 0.6 is 11.8 Å². The largest absolute Gasteiger partial charge is 0.493 e. The Bertz CT molecular complexity index is 1250. The summed E-state index contributed by atoms with van der Waals surface area (Å²) in [4.78, 5) is 26.1. The van der Waals surface area contributed by atoms with Crippen LogP contribution in [0.15, 0.2) is 57.6 Å². The summed E-state index contributed by atoms with van der Waals surface area (Å²) in [6, 6.07) is 12.5. The van der Waals surface area contributed by atoms with Gasteiger partial charge in [-0.3, -0.25) is 0 Å². The van der Waals surface area contributed by atoms with E-state index in [0.29, 0.717) is 44.1 Å². The Hall–Kier alpha value is -3.37. The second-order valence-electron chi connectivity index (χ2n) is 8.54. The number of fused-ring (bicyclic) bond motifs is 1. The van der Waals surface area contributed by atoms with Gasteiger partial charge in [0.25, 0.3) is 0 Å². The van der Waals surface area contributed by atoms with Crippen molar-refractivity contribution in [2.75, 3.05) is 32.1 Å². The number of hydrogen-bond acceptors (Lipinski definition) is 6. The number of aryl methyl sites for hydroxylation is 2. The fourth-order valence-electron chi connectivity index (χ4n) is 4.13. The van der Waals surface area contributed by atoms with E-state index in [4.69, 9.17) is 9.84 Å². The number of thioether (sulfide) groups is 1. The van der Waals surface area contributed by atoms with Gasteiger partial charge in [-0.25, -0.2) is 9.59 Å². The number of azo groups is 1. The lowest BCUT2D eigenvalue weighted by Crippen LogP contribution is -2.39. The second-order valence-corrected chi connectivity index (χ2v) is 9.71. The second kappa shape index (κ2) is 12.0. The normalized spacial score (nSPS) is 14.1. The van der Waals surface area contributed by atoms with Gasteiger partial charge in [0.15, 0.2) is 5.69 Å². The molecule has 0 spiro atoms. The number of urea groups is 1. The molecule has 9 nitrogen and oxygen atoms in total. The minimum atomic E-state index is -0.921. The summed E-state index contributed by atoms with van der Waals surface area (Å²) in [5, 5.41) is 28.7. The molecule has 0 unspecified atom stereocenters. The number of aromatic nitrogens is 1. The lowest BCUT2D eigenvalue weighted by Gasteiger charge is -2.24. The molecular formula is C26H30N4O5S. The Morgan fingerprint density at radius 3 is 2.56 bits per heavy atom. The smallest absolute Gasteiger partial charge is 0.362 e. The SMILES string of the molecule is CCCn1c(O)c(N=NC(=O)N2CCOCC2)c2cc(SCCCc3ccc(C(=O)O)cc3)ccc21. The van der Waals surface area contributed by atoms with Crippen LogP contribution in [0, 0.1) is 0 Å². The molecule has 1 saturated heterocycles.